The third-order valence-corrected chi connectivity index (χ3v) is 4.89. The first kappa shape index (κ1) is 17.8. The third kappa shape index (κ3) is 4.98. The summed E-state index contributed by atoms with van der Waals surface area (Å²) in [6, 6.07) is 6.39. The number of hydrogen-bond acceptors (Lipinski definition) is 2. The van der Waals surface area contributed by atoms with E-state index < -0.39 is 0 Å². The number of aryl methyl sites for hydroxylation is 1. The van der Waals surface area contributed by atoms with E-state index in [2.05, 4.69) is 38.2 Å². The summed E-state index contributed by atoms with van der Waals surface area (Å²) < 4.78 is 5.67. The summed E-state index contributed by atoms with van der Waals surface area (Å²) in [7, 11) is 0. The van der Waals surface area contributed by atoms with Crippen LogP contribution in [0.1, 0.15) is 69.9 Å². The van der Waals surface area contributed by atoms with Crippen molar-refractivity contribution in [2.45, 2.75) is 65.2 Å². The van der Waals surface area contributed by atoms with Crippen LogP contribution in [0.3, 0.4) is 0 Å². The Labute approximate surface area is 140 Å². The standard InChI is InChI=1S/C20H31NO2/c1-4-6-12-21-20(22)14-23-17-10-11-19-16(13-17)9-8-15(3)18(19)7-5-2/h10-11,13,15,18H,4-9,12,14H2,1-3H3,(H,21,22). The number of rotatable bonds is 8. The molecule has 2 unspecified atom stereocenters. The van der Waals surface area contributed by atoms with E-state index in [4.69, 9.17) is 4.74 Å². The van der Waals surface area contributed by atoms with Crippen LogP contribution in [0.25, 0.3) is 0 Å². The second-order valence-corrected chi connectivity index (χ2v) is 6.76. The fraction of sp³-hybridized carbons (Fsp3) is 0.650. The number of amides is 1. The minimum Gasteiger partial charge on any atom is -0.484 e. The van der Waals surface area contributed by atoms with Crippen molar-refractivity contribution in [3.8, 4) is 5.75 Å². The van der Waals surface area contributed by atoms with E-state index in [0.29, 0.717) is 5.92 Å². The maximum atomic E-state index is 11.7. The molecule has 3 heteroatoms. The number of ether oxygens (including phenoxy) is 1. The van der Waals surface area contributed by atoms with Crippen molar-refractivity contribution in [3.05, 3.63) is 29.3 Å². The first-order chi connectivity index (χ1) is 11.2. The van der Waals surface area contributed by atoms with Crippen molar-refractivity contribution < 1.29 is 9.53 Å². The normalized spacial score (nSPS) is 20.0. The minimum atomic E-state index is -0.0337. The Morgan fingerprint density at radius 3 is 2.87 bits per heavy atom. The molecule has 2 atom stereocenters. The maximum Gasteiger partial charge on any atom is 0.257 e. The summed E-state index contributed by atoms with van der Waals surface area (Å²) in [5.74, 6) is 2.22. The summed E-state index contributed by atoms with van der Waals surface area (Å²) in [5.41, 5.74) is 2.90. The molecular formula is C20H31NO2. The Kier molecular flexibility index (Phi) is 6.94. The highest BCUT2D eigenvalue weighted by Gasteiger charge is 2.26. The average molecular weight is 317 g/mol. The number of nitrogens with one attached hydrogen (secondary N) is 1. The van der Waals surface area contributed by atoms with Crippen LogP contribution in [-0.4, -0.2) is 19.1 Å². The molecule has 1 N–H and O–H groups in total. The molecule has 1 aromatic carbocycles. The van der Waals surface area contributed by atoms with Gasteiger partial charge in [-0.3, -0.25) is 4.79 Å². The van der Waals surface area contributed by atoms with E-state index in [-0.39, 0.29) is 12.5 Å². The van der Waals surface area contributed by atoms with E-state index in [9.17, 15) is 4.79 Å². The summed E-state index contributed by atoms with van der Waals surface area (Å²) in [4.78, 5) is 11.7. The van der Waals surface area contributed by atoms with Crippen LogP contribution in [-0.2, 0) is 11.2 Å². The molecule has 0 bridgehead atoms. The van der Waals surface area contributed by atoms with Gasteiger partial charge in [0.1, 0.15) is 5.75 Å². The lowest BCUT2D eigenvalue weighted by Crippen LogP contribution is -2.29. The number of carbonyl (C=O) groups excluding carboxylic acids is 1. The maximum absolute atomic E-state index is 11.7. The van der Waals surface area contributed by atoms with Gasteiger partial charge in [-0.2, -0.15) is 0 Å². The highest BCUT2D eigenvalue weighted by Crippen LogP contribution is 2.40. The van der Waals surface area contributed by atoms with Gasteiger partial charge in [-0.05, 0) is 60.8 Å². The number of hydrogen-bond donors (Lipinski definition) is 1. The van der Waals surface area contributed by atoms with Crippen LogP contribution in [0.4, 0.5) is 0 Å². The Bertz CT molecular complexity index is 512. The van der Waals surface area contributed by atoms with Crippen LogP contribution >= 0.6 is 0 Å². The second kappa shape index (κ2) is 8.95. The molecule has 0 fully saturated rings. The van der Waals surface area contributed by atoms with Gasteiger partial charge >= 0.3 is 0 Å². The van der Waals surface area contributed by atoms with Crippen LogP contribution in [0.15, 0.2) is 18.2 Å². The topological polar surface area (TPSA) is 38.3 Å². The molecule has 0 aliphatic heterocycles. The Hall–Kier alpha value is -1.51. The van der Waals surface area contributed by atoms with E-state index >= 15 is 0 Å². The molecule has 3 nitrogen and oxygen atoms in total. The van der Waals surface area contributed by atoms with Crippen molar-refractivity contribution in [2.24, 2.45) is 5.92 Å². The summed E-state index contributed by atoms with van der Waals surface area (Å²) in [5, 5.41) is 2.88. The fourth-order valence-corrected chi connectivity index (χ4v) is 3.50. The van der Waals surface area contributed by atoms with Crippen LogP contribution < -0.4 is 10.1 Å². The molecule has 1 amide bonds. The second-order valence-electron chi connectivity index (χ2n) is 6.76. The van der Waals surface area contributed by atoms with Gasteiger partial charge in [0.25, 0.3) is 5.91 Å². The molecule has 0 spiro atoms. The number of benzene rings is 1. The highest BCUT2D eigenvalue weighted by atomic mass is 16.5. The quantitative estimate of drug-likeness (QED) is 0.719. The van der Waals surface area contributed by atoms with Gasteiger partial charge < -0.3 is 10.1 Å². The predicted molar refractivity (Wildman–Crippen MR) is 95.0 cm³/mol. The van der Waals surface area contributed by atoms with Crippen LogP contribution in [0.5, 0.6) is 5.75 Å². The Balaban J connectivity index is 1.94. The first-order valence-corrected chi connectivity index (χ1v) is 9.18. The van der Waals surface area contributed by atoms with E-state index in [1.165, 1.54) is 30.4 Å². The van der Waals surface area contributed by atoms with Gasteiger partial charge in [-0.25, -0.2) is 0 Å². The van der Waals surface area contributed by atoms with Gasteiger partial charge in [0, 0.05) is 6.54 Å². The number of carbonyl (C=O) groups is 1. The van der Waals surface area contributed by atoms with Gasteiger partial charge in [0.15, 0.2) is 6.61 Å². The summed E-state index contributed by atoms with van der Waals surface area (Å²) in [6.45, 7) is 7.59. The summed E-state index contributed by atoms with van der Waals surface area (Å²) >= 11 is 0. The highest BCUT2D eigenvalue weighted by molar-refractivity contribution is 5.77. The van der Waals surface area contributed by atoms with E-state index in [0.717, 1.165) is 37.5 Å². The largest absolute Gasteiger partial charge is 0.484 e. The molecule has 2 rings (SSSR count). The van der Waals surface area contributed by atoms with Crippen molar-refractivity contribution >= 4 is 5.91 Å². The molecule has 0 saturated heterocycles. The zero-order chi connectivity index (χ0) is 16.7. The number of unbranched alkanes of at least 4 members (excludes halogenated alkanes) is 1. The Morgan fingerprint density at radius 2 is 2.13 bits per heavy atom. The SMILES string of the molecule is CCCCNC(=O)COc1ccc2c(c1)CCC(C)C2CCC. The molecule has 0 radical (unpaired) electrons. The number of fused-ring (bicyclic) bond motifs is 1. The molecule has 1 aliphatic rings. The van der Waals surface area contributed by atoms with Gasteiger partial charge in [0.05, 0.1) is 0 Å². The molecule has 0 aromatic heterocycles. The Morgan fingerprint density at radius 1 is 1.30 bits per heavy atom. The van der Waals surface area contributed by atoms with Gasteiger partial charge in [-0.1, -0.05) is 39.7 Å². The minimum absolute atomic E-state index is 0.0337. The monoisotopic (exact) mass is 317 g/mol. The molecule has 1 aliphatic carbocycles. The van der Waals surface area contributed by atoms with E-state index in [1.807, 2.05) is 6.07 Å². The lowest BCUT2D eigenvalue weighted by Gasteiger charge is -2.31. The average Bonchev–Trinajstić information content (AvgIpc) is 2.56. The van der Waals surface area contributed by atoms with Gasteiger partial charge in [-0.15, -0.1) is 0 Å². The smallest absolute Gasteiger partial charge is 0.257 e. The van der Waals surface area contributed by atoms with Crippen molar-refractivity contribution in [1.82, 2.24) is 5.32 Å². The van der Waals surface area contributed by atoms with Crippen LogP contribution in [0, 0.1) is 5.92 Å². The molecular weight excluding hydrogens is 286 g/mol. The van der Waals surface area contributed by atoms with Crippen LogP contribution in [0.2, 0.25) is 0 Å². The molecule has 0 saturated carbocycles. The van der Waals surface area contributed by atoms with Crippen molar-refractivity contribution in [2.75, 3.05) is 13.2 Å². The molecule has 23 heavy (non-hydrogen) atoms. The molecule has 1 aromatic rings. The molecule has 0 heterocycles. The predicted octanol–water partition coefficient (Wildman–Crippen LogP) is 4.45. The lowest BCUT2D eigenvalue weighted by atomic mass is 9.74. The lowest BCUT2D eigenvalue weighted by molar-refractivity contribution is -0.123. The van der Waals surface area contributed by atoms with E-state index in [1.54, 1.807) is 0 Å². The fourth-order valence-electron chi connectivity index (χ4n) is 3.50. The van der Waals surface area contributed by atoms with Crippen molar-refractivity contribution in [1.29, 1.82) is 0 Å². The molecule has 128 valence electrons. The zero-order valence-electron chi connectivity index (χ0n) is 14.9. The first-order valence-electron chi connectivity index (χ1n) is 9.18. The summed E-state index contributed by atoms with van der Waals surface area (Å²) in [6.07, 6.45) is 6.96. The van der Waals surface area contributed by atoms with Gasteiger partial charge in [0.2, 0.25) is 0 Å². The zero-order valence-corrected chi connectivity index (χ0v) is 14.9. The third-order valence-electron chi connectivity index (χ3n) is 4.89. The van der Waals surface area contributed by atoms with Crippen molar-refractivity contribution in [3.63, 3.8) is 0 Å².